The molecule has 0 aromatic carbocycles. The van der Waals surface area contributed by atoms with Crippen molar-refractivity contribution >= 4 is 11.8 Å². The molecule has 1 aliphatic heterocycles. The first kappa shape index (κ1) is 9.81. The second-order valence-corrected chi connectivity index (χ2v) is 5.66. The van der Waals surface area contributed by atoms with E-state index in [1.54, 1.807) is 0 Å². The third kappa shape index (κ3) is 1.62. The molecule has 2 rings (SSSR count). The molecule has 13 heavy (non-hydrogen) atoms. The molecule has 3 heteroatoms. The van der Waals surface area contributed by atoms with Crippen LogP contribution in [-0.2, 0) is 0 Å². The zero-order valence-corrected chi connectivity index (χ0v) is 8.91. The molecule has 1 saturated heterocycles. The van der Waals surface area contributed by atoms with Crippen LogP contribution in [0.3, 0.4) is 0 Å². The summed E-state index contributed by atoms with van der Waals surface area (Å²) in [6.45, 7) is 0. The van der Waals surface area contributed by atoms with E-state index in [1.165, 1.54) is 12.2 Å². The molecule has 76 valence electrons. The molecule has 2 nitrogen and oxygen atoms in total. The van der Waals surface area contributed by atoms with Crippen LogP contribution in [-0.4, -0.2) is 27.8 Å². The lowest BCUT2D eigenvalue weighted by Gasteiger charge is -2.44. The molecule has 0 amide bonds. The number of rotatable bonds is 1. The van der Waals surface area contributed by atoms with Crippen molar-refractivity contribution in [2.24, 2.45) is 5.73 Å². The van der Waals surface area contributed by atoms with Crippen LogP contribution in [0.5, 0.6) is 0 Å². The van der Waals surface area contributed by atoms with E-state index in [4.69, 9.17) is 5.73 Å². The second-order valence-electron chi connectivity index (χ2n) is 4.55. The fourth-order valence-electron chi connectivity index (χ4n) is 2.64. The van der Waals surface area contributed by atoms with E-state index >= 15 is 0 Å². The average molecular weight is 201 g/mol. The van der Waals surface area contributed by atoms with Crippen molar-refractivity contribution in [3.05, 3.63) is 0 Å². The van der Waals surface area contributed by atoms with E-state index in [9.17, 15) is 5.11 Å². The Morgan fingerprint density at radius 1 is 1.08 bits per heavy atom. The molecule has 1 aliphatic carbocycles. The van der Waals surface area contributed by atoms with Gasteiger partial charge in [0.2, 0.25) is 0 Å². The Hall–Kier alpha value is 0.270. The maximum Gasteiger partial charge on any atom is 0.0834 e. The number of nitrogens with two attached hydrogens (primary N) is 1. The van der Waals surface area contributed by atoms with Gasteiger partial charge in [0.05, 0.1) is 11.1 Å². The van der Waals surface area contributed by atoms with Gasteiger partial charge in [0.1, 0.15) is 0 Å². The van der Waals surface area contributed by atoms with E-state index in [0.717, 1.165) is 37.9 Å². The van der Waals surface area contributed by atoms with Crippen LogP contribution in [0.25, 0.3) is 0 Å². The Bertz CT molecular complexity index is 183. The van der Waals surface area contributed by atoms with Crippen molar-refractivity contribution in [3.63, 3.8) is 0 Å². The molecule has 0 aromatic heterocycles. The minimum absolute atomic E-state index is 0.285. The van der Waals surface area contributed by atoms with Gasteiger partial charge in [-0.1, -0.05) is 12.8 Å². The summed E-state index contributed by atoms with van der Waals surface area (Å²) in [6, 6.07) is 0. The Morgan fingerprint density at radius 2 is 1.77 bits per heavy atom. The number of thioether (sulfide) groups is 1. The van der Waals surface area contributed by atoms with E-state index in [2.05, 4.69) is 0 Å². The highest BCUT2D eigenvalue weighted by molar-refractivity contribution is 7.99. The van der Waals surface area contributed by atoms with Gasteiger partial charge in [0.25, 0.3) is 0 Å². The minimum Gasteiger partial charge on any atom is -0.388 e. The lowest BCUT2D eigenvalue weighted by molar-refractivity contribution is -0.0251. The Labute approximate surface area is 84.3 Å². The van der Waals surface area contributed by atoms with Crippen molar-refractivity contribution in [1.82, 2.24) is 0 Å². The second kappa shape index (κ2) is 3.44. The van der Waals surface area contributed by atoms with E-state index < -0.39 is 5.60 Å². The predicted octanol–water partition coefficient (Wildman–Crippen LogP) is 1.52. The third-order valence-corrected chi connectivity index (χ3v) is 4.93. The Morgan fingerprint density at radius 3 is 2.31 bits per heavy atom. The van der Waals surface area contributed by atoms with Crippen LogP contribution in [0.2, 0.25) is 0 Å². The SMILES string of the molecule is NC1(C2(O)CCCC2)CCCSC1. The van der Waals surface area contributed by atoms with E-state index in [0.29, 0.717) is 0 Å². The average Bonchev–Trinajstić information content (AvgIpc) is 2.55. The molecule has 1 atom stereocenters. The maximum atomic E-state index is 10.4. The summed E-state index contributed by atoms with van der Waals surface area (Å²) in [4.78, 5) is 0. The summed E-state index contributed by atoms with van der Waals surface area (Å²) in [7, 11) is 0. The van der Waals surface area contributed by atoms with Crippen LogP contribution >= 0.6 is 11.8 Å². The maximum absolute atomic E-state index is 10.4. The molecule has 1 saturated carbocycles. The number of aliphatic hydroxyl groups is 1. The van der Waals surface area contributed by atoms with Gasteiger partial charge < -0.3 is 10.8 Å². The van der Waals surface area contributed by atoms with Gasteiger partial charge in [0, 0.05) is 5.75 Å². The van der Waals surface area contributed by atoms with Gasteiger partial charge in [-0.25, -0.2) is 0 Å². The summed E-state index contributed by atoms with van der Waals surface area (Å²) < 4.78 is 0. The van der Waals surface area contributed by atoms with Crippen LogP contribution < -0.4 is 5.73 Å². The van der Waals surface area contributed by atoms with Gasteiger partial charge >= 0.3 is 0 Å². The Balaban J connectivity index is 2.11. The molecular formula is C10H19NOS. The summed E-state index contributed by atoms with van der Waals surface area (Å²) in [5.41, 5.74) is 5.50. The third-order valence-electron chi connectivity index (χ3n) is 3.63. The zero-order valence-electron chi connectivity index (χ0n) is 8.09. The van der Waals surface area contributed by atoms with Crippen molar-refractivity contribution in [1.29, 1.82) is 0 Å². The van der Waals surface area contributed by atoms with Crippen molar-refractivity contribution in [3.8, 4) is 0 Å². The van der Waals surface area contributed by atoms with Gasteiger partial charge in [-0.3, -0.25) is 0 Å². The summed E-state index contributed by atoms with van der Waals surface area (Å²) in [5, 5.41) is 10.4. The van der Waals surface area contributed by atoms with Crippen molar-refractivity contribution in [2.45, 2.75) is 49.7 Å². The first-order valence-corrected chi connectivity index (χ1v) is 6.41. The highest BCUT2D eigenvalue weighted by Gasteiger charge is 2.49. The topological polar surface area (TPSA) is 46.2 Å². The van der Waals surface area contributed by atoms with E-state index in [1.807, 2.05) is 11.8 Å². The van der Waals surface area contributed by atoms with Gasteiger partial charge in [0.15, 0.2) is 0 Å². The normalized spacial score (nSPS) is 39.2. The zero-order chi connectivity index (χ0) is 9.36. The molecule has 0 spiro atoms. The van der Waals surface area contributed by atoms with Crippen molar-refractivity contribution in [2.75, 3.05) is 11.5 Å². The molecule has 3 N–H and O–H groups in total. The van der Waals surface area contributed by atoms with Crippen LogP contribution in [0, 0.1) is 0 Å². The molecule has 0 bridgehead atoms. The predicted molar refractivity (Wildman–Crippen MR) is 56.9 cm³/mol. The van der Waals surface area contributed by atoms with Gasteiger partial charge in [-0.15, -0.1) is 0 Å². The number of hydrogen-bond acceptors (Lipinski definition) is 3. The molecule has 0 radical (unpaired) electrons. The molecular weight excluding hydrogens is 182 g/mol. The van der Waals surface area contributed by atoms with E-state index in [-0.39, 0.29) is 5.54 Å². The smallest absolute Gasteiger partial charge is 0.0834 e. The highest BCUT2D eigenvalue weighted by atomic mass is 32.2. The molecule has 2 fully saturated rings. The van der Waals surface area contributed by atoms with Crippen LogP contribution in [0.1, 0.15) is 38.5 Å². The fraction of sp³-hybridized carbons (Fsp3) is 1.00. The summed E-state index contributed by atoms with van der Waals surface area (Å²) >= 11 is 1.90. The number of hydrogen-bond donors (Lipinski definition) is 2. The summed E-state index contributed by atoms with van der Waals surface area (Å²) in [6.07, 6.45) is 6.33. The van der Waals surface area contributed by atoms with Crippen molar-refractivity contribution < 1.29 is 5.11 Å². The minimum atomic E-state index is -0.541. The summed E-state index contributed by atoms with van der Waals surface area (Å²) in [5.74, 6) is 2.17. The monoisotopic (exact) mass is 201 g/mol. The standard InChI is InChI=1S/C10H19NOS/c11-9(4-3-7-13-8-9)10(12)5-1-2-6-10/h12H,1-8,11H2. The molecule has 1 heterocycles. The van der Waals surface area contributed by atoms with Crippen LogP contribution in [0.15, 0.2) is 0 Å². The fourth-order valence-corrected chi connectivity index (χ4v) is 3.91. The lowest BCUT2D eigenvalue weighted by Crippen LogP contribution is -2.62. The Kier molecular flexibility index (Phi) is 2.60. The molecule has 0 aromatic rings. The quantitative estimate of drug-likeness (QED) is 0.676. The first-order chi connectivity index (χ1) is 6.16. The highest BCUT2D eigenvalue weighted by Crippen LogP contribution is 2.42. The molecule has 1 unspecified atom stereocenters. The van der Waals surface area contributed by atoms with Crippen LogP contribution in [0.4, 0.5) is 0 Å². The lowest BCUT2D eigenvalue weighted by atomic mass is 9.77. The first-order valence-electron chi connectivity index (χ1n) is 5.25. The van der Waals surface area contributed by atoms with Gasteiger partial charge in [-0.05, 0) is 31.4 Å². The largest absolute Gasteiger partial charge is 0.388 e. The molecule has 2 aliphatic rings. The van der Waals surface area contributed by atoms with Gasteiger partial charge in [-0.2, -0.15) is 11.8 Å².